The van der Waals surface area contributed by atoms with E-state index in [1.54, 1.807) is 9.80 Å². The SMILES string of the molecule is CC1CCN(C(=O)C(=O)N2CCN(c3nc(C(C)C)c4c(c3C#N)CCCC4)CC2)CC1. The molecule has 2 amide bonds. The van der Waals surface area contributed by atoms with Crippen LogP contribution < -0.4 is 4.90 Å². The minimum atomic E-state index is -0.388. The molecule has 32 heavy (non-hydrogen) atoms. The Morgan fingerprint density at radius 2 is 1.50 bits per heavy atom. The Labute approximate surface area is 191 Å². The molecule has 7 nitrogen and oxygen atoms in total. The third-order valence-corrected chi connectivity index (χ3v) is 7.31. The molecule has 7 heteroatoms. The van der Waals surface area contributed by atoms with Crippen molar-refractivity contribution in [2.45, 2.75) is 65.2 Å². The second-order valence-corrected chi connectivity index (χ2v) is 9.88. The summed E-state index contributed by atoms with van der Waals surface area (Å²) in [6.07, 6.45) is 6.14. The van der Waals surface area contributed by atoms with Gasteiger partial charge in [0, 0.05) is 45.0 Å². The number of carbonyl (C=O) groups is 2. The van der Waals surface area contributed by atoms with E-state index in [9.17, 15) is 14.9 Å². The van der Waals surface area contributed by atoms with Crippen LogP contribution >= 0.6 is 0 Å². The van der Waals surface area contributed by atoms with E-state index in [0.717, 1.165) is 50.0 Å². The van der Waals surface area contributed by atoms with Crippen molar-refractivity contribution in [1.82, 2.24) is 14.8 Å². The molecular formula is C25H35N5O2. The Kier molecular flexibility index (Phi) is 6.68. The Morgan fingerprint density at radius 3 is 2.06 bits per heavy atom. The van der Waals surface area contributed by atoms with Crippen molar-refractivity contribution in [3.63, 3.8) is 0 Å². The second-order valence-electron chi connectivity index (χ2n) is 9.88. The molecule has 0 bridgehead atoms. The van der Waals surface area contributed by atoms with E-state index in [1.807, 2.05) is 0 Å². The highest BCUT2D eigenvalue weighted by Crippen LogP contribution is 2.35. The molecule has 172 valence electrons. The Morgan fingerprint density at radius 1 is 0.938 bits per heavy atom. The minimum Gasteiger partial charge on any atom is -0.352 e. The van der Waals surface area contributed by atoms with Crippen molar-refractivity contribution < 1.29 is 9.59 Å². The zero-order chi connectivity index (χ0) is 22.8. The number of nitrogens with zero attached hydrogens (tertiary/aromatic N) is 5. The van der Waals surface area contributed by atoms with E-state index in [-0.39, 0.29) is 11.8 Å². The fourth-order valence-corrected chi connectivity index (χ4v) is 5.26. The summed E-state index contributed by atoms with van der Waals surface area (Å²) in [5, 5.41) is 9.98. The van der Waals surface area contributed by atoms with Gasteiger partial charge in [0.05, 0.1) is 5.56 Å². The van der Waals surface area contributed by atoms with Crippen LogP contribution in [0.4, 0.5) is 5.82 Å². The van der Waals surface area contributed by atoms with Gasteiger partial charge in [0.2, 0.25) is 0 Å². The van der Waals surface area contributed by atoms with Crippen molar-refractivity contribution in [1.29, 1.82) is 5.26 Å². The molecule has 0 aromatic carbocycles. The highest BCUT2D eigenvalue weighted by molar-refractivity contribution is 6.34. The first-order valence-corrected chi connectivity index (χ1v) is 12.2. The molecule has 2 fully saturated rings. The first kappa shape index (κ1) is 22.6. The smallest absolute Gasteiger partial charge is 0.312 e. The molecule has 0 N–H and O–H groups in total. The number of hydrogen-bond donors (Lipinski definition) is 0. The number of aromatic nitrogens is 1. The molecule has 2 aliphatic heterocycles. The molecule has 2 saturated heterocycles. The molecule has 0 atom stereocenters. The van der Waals surface area contributed by atoms with E-state index in [0.29, 0.717) is 56.7 Å². The molecule has 0 saturated carbocycles. The lowest BCUT2D eigenvalue weighted by Gasteiger charge is -2.38. The van der Waals surface area contributed by atoms with Crippen LogP contribution in [-0.4, -0.2) is 65.9 Å². The summed E-state index contributed by atoms with van der Waals surface area (Å²) >= 11 is 0. The zero-order valence-electron chi connectivity index (χ0n) is 19.7. The molecule has 4 rings (SSSR count). The number of hydrogen-bond acceptors (Lipinski definition) is 5. The van der Waals surface area contributed by atoms with Crippen molar-refractivity contribution in [3.8, 4) is 6.07 Å². The van der Waals surface area contributed by atoms with Gasteiger partial charge in [-0.3, -0.25) is 9.59 Å². The van der Waals surface area contributed by atoms with Gasteiger partial charge in [0.1, 0.15) is 11.9 Å². The normalized spacial score (nSPS) is 19.7. The highest BCUT2D eigenvalue weighted by Gasteiger charge is 2.33. The maximum atomic E-state index is 12.8. The van der Waals surface area contributed by atoms with E-state index in [2.05, 4.69) is 31.7 Å². The van der Waals surface area contributed by atoms with E-state index in [4.69, 9.17) is 4.98 Å². The fourth-order valence-electron chi connectivity index (χ4n) is 5.26. The maximum Gasteiger partial charge on any atom is 0.312 e. The van der Waals surface area contributed by atoms with Crippen molar-refractivity contribution in [3.05, 3.63) is 22.4 Å². The van der Waals surface area contributed by atoms with Gasteiger partial charge in [-0.25, -0.2) is 4.98 Å². The van der Waals surface area contributed by atoms with Crippen LogP contribution in [0.25, 0.3) is 0 Å². The molecule has 3 heterocycles. The zero-order valence-corrected chi connectivity index (χ0v) is 19.7. The van der Waals surface area contributed by atoms with Crippen LogP contribution in [0.3, 0.4) is 0 Å². The number of piperidine rings is 1. The molecule has 1 aromatic rings. The maximum absolute atomic E-state index is 12.8. The van der Waals surface area contributed by atoms with Gasteiger partial charge in [0.25, 0.3) is 0 Å². The topological polar surface area (TPSA) is 80.5 Å². The summed E-state index contributed by atoms with van der Waals surface area (Å²) in [5.41, 5.74) is 4.28. The van der Waals surface area contributed by atoms with Gasteiger partial charge in [-0.2, -0.15) is 5.26 Å². The third kappa shape index (κ3) is 4.32. The number of rotatable bonds is 2. The molecule has 0 unspecified atom stereocenters. The summed E-state index contributed by atoms with van der Waals surface area (Å²) in [6.45, 7) is 10.0. The van der Waals surface area contributed by atoms with Crippen molar-refractivity contribution >= 4 is 17.6 Å². The number of anilines is 1. The van der Waals surface area contributed by atoms with Crippen molar-refractivity contribution in [2.75, 3.05) is 44.2 Å². The molecule has 3 aliphatic rings. The van der Waals surface area contributed by atoms with E-state index in [1.165, 1.54) is 11.1 Å². The summed E-state index contributed by atoms with van der Waals surface area (Å²) in [4.78, 5) is 36.0. The molecule has 0 spiro atoms. The first-order valence-electron chi connectivity index (χ1n) is 12.2. The quantitative estimate of drug-likeness (QED) is 0.665. The number of likely N-dealkylation sites (tertiary alicyclic amines) is 1. The fraction of sp³-hybridized carbons (Fsp3) is 0.680. The molecule has 1 aliphatic carbocycles. The van der Waals surface area contributed by atoms with Gasteiger partial charge in [-0.15, -0.1) is 0 Å². The lowest BCUT2D eigenvalue weighted by Crippen LogP contribution is -2.54. The van der Waals surface area contributed by atoms with Gasteiger partial charge in [0.15, 0.2) is 0 Å². The van der Waals surface area contributed by atoms with E-state index < -0.39 is 0 Å². The number of nitriles is 1. The van der Waals surface area contributed by atoms with Gasteiger partial charge in [-0.1, -0.05) is 20.8 Å². The Balaban J connectivity index is 1.48. The van der Waals surface area contributed by atoms with Crippen LogP contribution in [0.5, 0.6) is 0 Å². The van der Waals surface area contributed by atoms with Crippen LogP contribution in [0.15, 0.2) is 0 Å². The van der Waals surface area contributed by atoms with Crippen LogP contribution in [-0.2, 0) is 22.4 Å². The average Bonchev–Trinajstić information content (AvgIpc) is 2.82. The van der Waals surface area contributed by atoms with Crippen LogP contribution in [0, 0.1) is 17.2 Å². The third-order valence-electron chi connectivity index (χ3n) is 7.31. The summed E-state index contributed by atoms with van der Waals surface area (Å²) in [5.74, 6) is 0.936. The lowest BCUT2D eigenvalue weighted by molar-refractivity contribution is -0.152. The Hall–Kier alpha value is -2.62. The summed E-state index contributed by atoms with van der Waals surface area (Å²) < 4.78 is 0. The van der Waals surface area contributed by atoms with Crippen LogP contribution in [0.1, 0.15) is 74.8 Å². The molecular weight excluding hydrogens is 402 g/mol. The molecule has 1 aromatic heterocycles. The summed E-state index contributed by atoms with van der Waals surface area (Å²) in [7, 11) is 0. The van der Waals surface area contributed by atoms with E-state index >= 15 is 0 Å². The predicted octanol–water partition coefficient (Wildman–Crippen LogP) is 2.86. The summed E-state index contributed by atoms with van der Waals surface area (Å²) in [6, 6.07) is 2.44. The van der Waals surface area contributed by atoms with Gasteiger partial charge >= 0.3 is 11.8 Å². The largest absolute Gasteiger partial charge is 0.352 e. The predicted molar refractivity (Wildman–Crippen MR) is 123 cm³/mol. The first-order chi connectivity index (χ1) is 15.4. The van der Waals surface area contributed by atoms with Crippen molar-refractivity contribution in [2.24, 2.45) is 5.92 Å². The number of carbonyl (C=O) groups excluding carboxylic acids is 2. The Bertz CT molecular complexity index is 919. The van der Waals surface area contributed by atoms with Gasteiger partial charge in [-0.05, 0) is 61.5 Å². The monoisotopic (exact) mass is 437 g/mol. The second kappa shape index (κ2) is 9.48. The number of amides is 2. The standard InChI is InChI=1S/C25H35N5O2/c1-17(2)22-20-7-5-4-6-19(20)21(16-26)23(27-22)28-12-14-30(15-13-28)25(32)24(31)29-10-8-18(3)9-11-29/h17-18H,4-15H2,1-3H3. The average molecular weight is 438 g/mol. The number of pyridine rings is 1. The highest BCUT2D eigenvalue weighted by atomic mass is 16.2. The number of fused-ring (bicyclic) bond motifs is 1. The molecule has 0 radical (unpaired) electrons. The van der Waals surface area contributed by atoms with Crippen LogP contribution in [0.2, 0.25) is 0 Å². The van der Waals surface area contributed by atoms with Gasteiger partial charge < -0.3 is 14.7 Å². The lowest BCUT2D eigenvalue weighted by atomic mass is 9.85. The number of piperazine rings is 1. The minimum absolute atomic E-state index is 0.307.